The van der Waals surface area contributed by atoms with Gasteiger partial charge in [-0.25, -0.2) is 0 Å². The van der Waals surface area contributed by atoms with Crippen LogP contribution in [0.15, 0.2) is 41.0 Å². The topological polar surface area (TPSA) is 53.8 Å². The summed E-state index contributed by atoms with van der Waals surface area (Å²) in [5.74, 6) is 0.808. The summed E-state index contributed by atoms with van der Waals surface area (Å²) in [5.41, 5.74) is 2.58. The molecule has 25 heavy (non-hydrogen) atoms. The number of aryl methyl sites for hydroxylation is 2. The van der Waals surface area contributed by atoms with E-state index in [1.54, 1.807) is 19.3 Å². The standard InChI is InChI=1S/C20H22N2O3/c1-14-5-3-4-6-17(14)22-13-20(11-18(22)23)8-9-21(12-20)19(24)16-7-10-25-15(16)2/h3-7,10H,8-9,11-13H2,1-2H3/t20-/m1/s1. The van der Waals surface area contributed by atoms with E-state index in [4.69, 9.17) is 4.42 Å². The molecular weight excluding hydrogens is 316 g/mol. The Kier molecular flexibility index (Phi) is 3.67. The Balaban J connectivity index is 1.53. The van der Waals surface area contributed by atoms with Gasteiger partial charge in [0.25, 0.3) is 5.91 Å². The van der Waals surface area contributed by atoms with Crippen LogP contribution in [-0.4, -0.2) is 36.3 Å². The van der Waals surface area contributed by atoms with E-state index >= 15 is 0 Å². The third kappa shape index (κ3) is 2.64. The molecule has 5 nitrogen and oxygen atoms in total. The number of para-hydroxylation sites is 1. The van der Waals surface area contributed by atoms with Gasteiger partial charge in [-0.2, -0.15) is 0 Å². The fourth-order valence-electron chi connectivity index (χ4n) is 4.14. The maximum absolute atomic E-state index is 12.7. The summed E-state index contributed by atoms with van der Waals surface area (Å²) in [5, 5.41) is 0. The van der Waals surface area contributed by atoms with Gasteiger partial charge in [-0.15, -0.1) is 0 Å². The second-order valence-corrected chi connectivity index (χ2v) is 7.31. The summed E-state index contributed by atoms with van der Waals surface area (Å²) >= 11 is 0. The number of hydrogen-bond acceptors (Lipinski definition) is 3. The van der Waals surface area contributed by atoms with Crippen molar-refractivity contribution in [2.45, 2.75) is 26.7 Å². The van der Waals surface area contributed by atoms with Crippen LogP contribution in [0, 0.1) is 19.3 Å². The zero-order chi connectivity index (χ0) is 17.6. The highest BCUT2D eigenvalue weighted by molar-refractivity contribution is 5.98. The summed E-state index contributed by atoms with van der Waals surface area (Å²) < 4.78 is 5.26. The molecule has 0 radical (unpaired) electrons. The zero-order valence-corrected chi connectivity index (χ0v) is 14.6. The van der Waals surface area contributed by atoms with Gasteiger partial charge in [0.05, 0.1) is 11.8 Å². The molecule has 1 spiro atoms. The molecule has 5 heteroatoms. The monoisotopic (exact) mass is 338 g/mol. The number of hydrogen-bond donors (Lipinski definition) is 0. The summed E-state index contributed by atoms with van der Waals surface area (Å²) in [4.78, 5) is 29.1. The molecule has 2 aliphatic rings. The molecule has 0 saturated carbocycles. The number of benzene rings is 1. The largest absolute Gasteiger partial charge is 0.469 e. The first-order chi connectivity index (χ1) is 12.0. The normalized spacial score (nSPS) is 23.0. The number of furan rings is 1. The van der Waals surface area contributed by atoms with Crippen LogP contribution in [-0.2, 0) is 4.79 Å². The van der Waals surface area contributed by atoms with E-state index in [1.165, 1.54) is 0 Å². The van der Waals surface area contributed by atoms with Crippen LogP contribution < -0.4 is 4.90 Å². The quantitative estimate of drug-likeness (QED) is 0.845. The highest BCUT2D eigenvalue weighted by Gasteiger charge is 2.49. The van der Waals surface area contributed by atoms with Crippen LogP contribution in [0.3, 0.4) is 0 Å². The van der Waals surface area contributed by atoms with Gasteiger partial charge in [-0.1, -0.05) is 18.2 Å². The Bertz CT molecular complexity index is 841. The molecule has 0 aliphatic carbocycles. The molecule has 3 heterocycles. The lowest BCUT2D eigenvalue weighted by Crippen LogP contribution is -2.34. The molecule has 2 saturated heterocycles. The summed E-state index contributed by atoms with van der Waals surface area (Å²) in [6.07, 6.45) is 2.92. The van der Waals surface area contributed by atoms with Crippen molar-refractivity contribution in [2.24, 2.45) is 5.41 Å². The highest BCUT2D eigenvalue weighted by Crippen LogP contribution is 2.42. The Morgan fingerprint density at radius 3 is 2.68 bits per heavy atom. The van der Waals surface area contributed by atoms with Crippen molar-refractivity contribution < 1.29 is 14.0 Å². The van der Waals surface area contributed by atoms with Gasteiger partial charge in [0.2, 0.25) is 5.91 Å². The number of likely N-dealkylation sites (tertiary alicyclic amines) is 1. The Labute approximate surface area is 147 Å². The van der Waals surface area contributed by atoms with E-state index in [-0.39, 0.29) is 17.2 Å². The molecule has 4 rings (SSSR count). The number of rotatable bonds is 2. The lowest BCUT2D eigenvalue weighted by molar-refractivity contribution is -0.117. The molecule has 2 aliphatic heterocycles. The van der Waals surface area contributed by atoms with Gasteiger partial charge in [-0.3, -0.25) is 9.59 Å². The fraction of sp³-hybridized carbons (Fsp3) is 0.400. The van der Waals surface area contributed by atoms with Crippen LogP contribution in [0.25, 0.3) is 0 Å². The Morgan fingerprint density at radius 1 is 1.16 bits per heavy atom. The van der Waals surface area contributed by atoms with Crippen molar-refractivity contribution in [1.82, 2.24) is 4.90 Å². The predicted octanol–water partition coefficient (Wildman–Crippen LogP) is 3.17. The average Bonchev–Trinajstić information content (AvgIpc) is 3.27. The molecule has 0 unspecified atom stereocenters. The van der Waals surface area contributed by atoms with E-state index in [2.05, 4.69) is 0 Å². The van der Waals surface area contributed by atoms with Crippen LogP contribution in [0.5, 0.6) is 0 Å². The maximum Gasteiger partial charge on any atom is 0.257 e. The van der Waals surface area contributed by atoms with Crippen molar-refractivity contribution in [2.75, 3.05) is 24.5 Å². The van der Waals surface area contributed by atoms with E-state index in [1.807, 2.05) is 41.0 Å². The van der Waals surface area contributed by atoms with Crippen molar-refractivity contribution in [1.29, 1.82) is 0 Å². The summed E-state index contributed by atoms with van der Waals surface area (Å²) in [7, 11) is 0. The van der Waals surface area contributed by atoms with E-state index in [9.17, 15) is 9.59 Å². The third-order valence-electron chi connectivity index (χ3n) is 5.54. The van der Waals surface area contributed by atoms with Crippen LogP contribution in [0.1, 0.15) is 34.5 Å². The highest BCUT2D eigenvalue weighted by atomic mass is 16.3. The molecule has 2 aromatic rings. The van der Waals surface area contributed by atoms with Crippen LogP contribution in [0.4, 0.5) is 5.69 Å². The lowest BCUT2D eigenvalue weighted by atomic mass is 9.86. The first kappa shape index (κ1) is 15.9. The van der Waals surface area contributed by atoms with Gasteiger partial charge in [-0.05, 0) is 38.0 Å². The van der Waals surface area contributed by atoms with Crippen LogP contribution >= 0.6 is 0 Å². The molecule has 2 amide bonds. The molecule has 130 valence electrons. The Morgan fingerprint density at radius 2 is 1.96 bits per heavy atom. The van der Waals surface area contributed by atoms with Gasteiger partial charge >= 0.3 is 0 Å². The summed E-state index contributed by atoms with van der Waals surface area (Å²) in [6.45, 7) is 5.84. The first-order valence-electron chi connectivity index (χ1n) is 8.68. The number of amides is 2. The minimum absolute atomic E-state index is 0.00455. The molecule has 1 atom stereocenters. The minimum atomic E-state index is -0.132. The molecule has 1 aromatic carbocycles. The SMILES string of the molecule is Cc1ccccc1N1C[C@]2(CCN(C(=O)c3ccoc3C)C2)CC1=O. The van der Waals surface area contributed by atoms with Crippen molar-refractivity contribution in [3.05, 3.63) is 53.5 Å². The number of carbonyl (C=O) groups excluding carboxylic acids is 2. The third-order valence-corrected chi connectivity index (χ3v) is 5.54. The number of carbonyl (C=O) groups is 2. The van der Waals surface area contributed by atoms with Crippen LogP contribution in [0.2, 0.25) is 0 Å². The van der Waals surface area contributed by atoms with Crippen molar-refractivity contribution >= 4 is 17.5 Å². The Hall–Kier alpha value is -2.56. The molecule has 2 fully saturated rings. The van der Waals surface area contributed by atoms with Gasteiger partial charge in [0.1, 0.15) is 5.76 Å². The number of nitrogens with zero attached hydrogens (tertiary/aromatic N) is 2. The van der Waals surface area contributed by atoms with Crippen molar-refractivity contribution in [3.8, 4) is 0 Å². The van der Waals surface area contributed by atoms with Gasteiger partial charge in [0.15, 0.2) is 0 Å². The van der Waals surface area contributed by atoms with E-state index in [0.717, 1.165) is 17.7 Å². The molecular formula is C20H22N2O3. The van der Waals surface area contributed by atoms with Gasteiger partial charge in [0, 0.05) is 37.2 Å². The molecule has 0 N–H and O–H groups in total. The fourth-order valence-corrected chi connectivity index (χ4v) is 4.14. The average molecular weight is 338 g/mol. The second-order valence-electron chi connectivity index (χ2n) is 7.31. The molecule has 1 aromatic heterocycles. The predicted molar refractivity (Wildman–Crippen MR) is 94.5 cm³/mol. The maximum atomic E-state index is 12.7. The van der Waals surface area contributed by atoms with Gasteiger partial charge < -0.3 is 14.2 Å². The summed E-state index contributed by atoms with van der Waals surface area (Å²) in [6, 6.07) is 9.70. The zero-order valence-electron chi connectivity index (χ0n) is 14.6. The van der Waals surface area contributed by atoms with Crippen molar-refractivity contribution in [3.63, 3.8) is 0 Å². The second kappa shape index (κ2) is 5.76. The van der Waals surface area contributed by atoms with E-state index in [0.29, 0.717) is 37.4 Å². The number of anilines is 1. The minimum Gasteiger partial charge on any atom is -0.469 e. The molecule has 0 bridgehead atoms. The van der Waals surface area contributed by atoms with E-state index < -0.39 is 0 Å². The lowest BCUT2D eigenvalue weighted by Gasteiger charge is -2.25. The first-order valence-corrected chi connectivity index (χ1v) is 8.68. The smallest absolute Gasteiger partial charge is 0.257 e.